The Morgan fingerprint density at radius 3 is 2.64 bits per heavy atom. The molecule has 0 atom stereocenters. The molecule has 0 amide bonds. The maximum atomic E-state index is 10.7. The summed E-state index contributed by atoms with van der Waals surface area (Å²) in [7, 11) is 0. The van der Waals surface area contributed by atoms with Gasteiger partial charge in [-0.15, -0.1) is 0 Å². The lowest BCUT2D eigenvalue weighted by atomic mass is 10.2. The molecule has 0 heterocycles. The van der Waals surface area contributed by atoms with E-state index in [1.165, 1.54) is 6.07 Å². The average Bonchev–Trinajstić information content (AvgIpc) is 2.01. The second-order valence-corrected chi connectivity index (χ2v) is 3.78. The number of benzene rings is 1. The second-order valence-electron chi connectivity index (χ2n) is 2.49. The number of nitrogens with two attached hydrogens (primary N) is 1. The molecule has 0 bridgehead atoms. The number of carboxylic acids is 1. The second kappa shape index (κ2) is 4.39. The molecule has 1 rings (SSSR count). The maximum Gasteiger partial charge on any atom is 0.336 e. The van der Waals surface area contributed by atoms with E-state index in [0.29, 0.717) is 10.2 Å². The molecule has 74 valence electrons. The number of rotatable bonds is 2. The van der Waals surface area contributed by atoms with Gasteiger partial charge in [0.05, 0.1) is 5.56 Å². The number of anilines is 1. The predicted octanol–water partition coefficient (Wildman–Crippen LogP) is 1.80. The number of halogens is 1. The summed E-state index contributed by atoms with van der Waals surface area (Å²) in [6.45, 7) is 0. The Bertz CT molecular complexity index is 395. The number of nitrogens with one attached hydrogen (secondary N) is 1. The highest BCUT2D eigenvalue weighted by molar-refractivity contribution is 9.10. The summed E-state index contributed by atoms with van der Waals surface area (Å²) in [5, 5.41) is 11.6. The van der Waals surface area contributed by atoms with Crippen molar-refractivity contribution in [3.05, 3.63) is 28.2 Å². The lowest BCUT2D eigenvalue weighted by molar-refractivity contribution is 0.0696. The van der Waals surface area contributed by atoms with Crippen LogP contribution >= 0.6 is 28.1 Å². The molecule has 0 fully saturated rings. The summed E-state index contributed by atoms with van der Waals surface area (Å²) in [4.78, 5) is 10.7. The Hall–Kier alpha value is -1.14. The third-order valence-corrected chi connectivity index (χ3v) is 2.23. The standard InChI is InChI=1S/C8H7BrN2O2S/c9-6-3-4(11-8(10)14)1-2-5(6)7(12)13/h1-3H,(H,12,13)(H3,10,11,14). The molecule has 1 aromatic carbocycles. The number of carboxylic acid groups (broad SMARTS) is 1. The first-order valence-electron chi connectivity index (χ1n) is 3.60. The molecule has 0 aliphatic heterocycles. The summed E-state index contributed by atoms with van der Waals surface area (Å²) in [5.74, 6) is -0.987. The molecule has 0 saturated heterocycles. The van der Waals surface area contributed by atoms with Gasteiger partial charge in [-0.05, 0) is 46.3 Å². The third kappa shape index (κ3) is 2.68. The van der Waals surface area contributed by atoms with Gasteiger partial charge in [-0.3, -0.25) is 0 Å². The van der Waals surface area contributed by atoms with Gasteiger partial charge < -0.3 is 16.2 Å². The molecular weight excluding hydrogens is 268 g/mol. The third-order valence-electron chi connectivity index (χ3n) is 1.47. The van der Waals surface area contributed by atoms with E-state index in [1.807, 2.05) is 0 Å². The minimum absolute atomic E-state index is 0.139. The van der Waals surface area contributed by atoms with E-state index < -0.39 is 5.97 Å². The zero-order chi connectivity index (χ0) is 10.7. The van der Waals surface area contributed by atoms with E-state index in [0.717, 1.165) is 0 Å². The maximum absolute atomic E-state index is 10.7. The molecule has 0 aliphatic rings. The predicted molar refractivity (Wildman–Crippen MR) is 61.5 cm³/mol. The van der Waals surface area contributed by atoms with Gasteiger partial charge in [0.25, 0.3) is 0 Å². The van der Waals surface area contributed by atoms with Crippen molar-refractivity contribution in [3.63, 3.8) is 0 Å². The Morgan fingerprint density at radius 1 is 1.57 bits per heavy atom. The molecule has 1 aromatic rings. The number of aromatic carboxylic acids is 1. The fourth-order valence-electron chi connectivity index (χ4n) is 0.909. The number of thiocarbonyl (C=S) groups is 1. The Labute approximate surface area is 94.2 Å². The van der Waals surface area contributed by atoms with Gasteiger partial charge in [0, 0.05) is 10.2 Å². The summed E-state index contributed by atoms with van der Waals surface area (Å²) in [6.07, 6.45) is 0. The smallest absolute Gasteiger partial charge is 0.336 e. The van der Waals surface area contributed by atoms with E-state index in [4.69, 9.17) is 10.8 Å². The highest BCUT2D eigenvalue weighted by atomic mass is 79.9. The number of hydrogen-bond acceptors (Lipinski definition) is 2. The fraction of sp³-hybridized carbons (Fsp3) is 0. The highest BCUT2D eigenvalue weighted by Gasteiger charge is 2.08. The quantitative estimate of drug-likeness (QED) is 0.718. The Morgan fingerprint density at radius 2 is 2.21 bits per heavy atom. The van der Waals surface area contributed by atoms with Gasteiger partial charge in [-0.25, -0.2) is 4.79 Å². The summed E-state index contributed by atoms with van der Waals surface area (Å²) < 4.78 is 0.478. The fourth-order valence-corrected chi connectivity index (χ4v) is 1.57. The number of carbonyl (C=O) groups is 1. The van der Waals surface area contributed by atoms with E-state index in [9.17, 15) is 4.79 Å². The molecule has 0 aliphatic carbocycles. The van der Waals surface area contributed by atoms with Gasteiger partial charge >= 0.3 is 5.97 Å². The summed E-state index contributed by atoms with van der Waals surface area (Å²) >= 11 is 7.77. The van der Waals surface area contributed by atoms with Gasteiger partial charge in [-0.1, -0.05) is 0 Å². The average molecular weight is 275 g/mol. The first-order valence-corrected chi connectivity index (χ1v) is 4.80. The van der Waals surface area contributed by atoms with Crippen molar-refractivity contribution in [2.24, 2.45) is 5.73 Å². The first-order chi connectivity index (χ1) is 6.50. The van der Waals surface area contributed by atoms with Crippen LogP contribution in [-0.4, -0.2) is 16.2 Å². The molecule has 4 nitrogen and oxygen atoms in total. The molecular formula is C8H7BrN2O2S. The van der Waals surface area contributed by atoms with Gasteiger partial charge in [0.2, 0.25) is 0 Å². The topological polar surface area (TPSA) is 75.3 Å². The molecule has 0 radical (unpaired) electrons. The first kappa shape index (κ1) is 10.9. The minimum Gasteiger partial charge on any atom is -0.478 e. The van der Waals surface area contributed by atoms with E-state index in [1.54, 1.807) is 12.1 Å². The lowest BCUT2D eigenvalue weighted by Crippen LogP contribution is -2.18. The van der Waals surface area contributed by atoms with Crippen LogP contribution in [-0.2, 0) is 0 Å². The molecule has 6 heteroatoms. The van der Waals surface area contributed by atoms with Gasteiger partial charge in [0.15, 0.2) is 5.11 Å². The lowest BCUT2D eigenvalue weighted by Gasteiger charge is -2.05. The van der Waals surface area contributed by atoms with Crippen LogP contribution in [0.5, 0.6) is 0 Å². The van der Waals surface area contributed by atoms with Crippen molar-refractivity contribution >= 4 is 44.9 Å². The zero-order valence-corrected chi connectivity index (χ0v) is 9.35. The Kier molecular flexibility index (Phi) is 3.43. The normalized spacial score (nSPS) is 9.50. The molecule has 0 spiro atoms. The van der Waals surface area contributed by atoms with E-state index in [-0.39, 0.29) is 10.7 Å². The number of hydrogen-bond donors (Lipinski definition) is 3. The van der Waals surface area contributed by atoms with Crippen LogP contribution in [0.2, 0.25) is 0 Å². The Balaban J connectivity index is 3.00. The van der Waals surface area contributed by atoms with Crippen LogP contribution in [0.25, 0.3) is 0 Å². The van der Waals surface area contributed by atoms with Crippen molar-refractivity contribution in [1.82, 2.24) is 0 Å². The van der Waals surface area contributed by atoms with Crippen molar-refractivity contribution in [2.75, 3.05) is 5.32 Å². The summed E-state index contributed by atoms with van der Waals surface area (Å²) in [5.41, 5.74) is 6.10. The largest absolute Gasteiger partial charge is 0.478 e. The molecule has 0 aromatic heterocycles. The molecule has 0 saturated carbocycles. The van der Waals surface area contributed by atoms with Crippen LogP contribution in [0, 0.1) is 0 Å². The van der Waals surface area contributed by atoms with Gasteiger partial charge in [-0.2, -0.15) is 0 Å². The molecule has 0 unspecified atom stereocenters. The van der Waals surface area contributed by atoms with Crippen LogP contribution < -0.4 is 11.1 Å². The van der Waals surface area contributed by atoms with Crippen LogP contribution in [0.1, 0.15) is 10.4 Å². The minimum atomic E-state index is -0.987. The summed E-state index contributed by atoms with van der Waals surface area (Å²) in [6, 6.07) is 4.66. The molecule has 14 heavy (non-hydrogen) atoms. The van der Waals surface area contributed by atoms with Crippen LogP contribution in [0.3, 0.4) is 0 Å². The zero-order valence-electron chi connectivity index (χ0n) is 6.95. The van der Waals surface area contributed by atoms with E-state index >= 15 is 0 Å². The van der Waals surface area contributed by atoms with Crippen LogP contribution in [0.15, 0.2) is 22.7 Å². The van der Waals surface area contributed by atoms with Crippen molar-refractivity contribution in [2.45, 2.75) is 0 Å². The van der Waals surface area contributed by atoms with Gasteiger partial charge in [0.1, 0.15) is 0 Å². The van der Waals surface area contributed by atoms with Crippen LogP contribution in [0.4, 0.5) is 5.69 Å². The monoisotopic (exact) mass is 274 g/mol. The highest BCUT2D eigenvalue weighted by Crippen LogP contribution is 2.21. The SMILES string of the molecule is NC(=S)Nc1ccc(C(=O)O)c(Br)c1. The van der Waals surface area contributed by atoms with Crippen molar-refractivity contribution < 1.29 is 9.90 Å². The molecule has 4 N–H and O–H groups in total. The van der Waals surface area contributed by atoms with Crippen molar-refractivity contribution in [3.8, 4) is 0 Å². The van der Waals surface area contributed by atoms with Crippen molar-refractivity contribution in [1.29, 1.82) is 0 Å². The van der Waals surface area contributed by atoms with E-state index in [2.05, 4.69) is 33.5 Å².